The Hall–Kier alpha value is -1.62. The Kier molecular flexibility index (Phi) is 9.42. The van der Waals surface area contributed by atoms with E-state index in [1.807, 2.05) is 20.8 Å². The van der Waals surface area contributed by atoms with E-state index in [1.54, 1.807) is 0 Å². The largest absolute Gasteiger partial charge is 0.460 e. The van der Waals surface area contributed by atoms with Crippen LogP contribution in [-0.4, -0.2) is 36.9 Å². The van der Waals surface area contributed by atoms with Gasteiger partial charge in [-0.15, -0.1) is 0 Å². The minimum atomic E-state index is -0.523. The summed E-state index contributed by atoms with van der Waals surface area (Å²) in [5, 5.41) is 0. The summed E-state index contributed by atoms with van der Waals surface area (Å²) in [5.41, 5.74) is -0.523. The first-order chi connectivity index (χ1) is 10.2. The second kappa shape index (κ2) is 10.2. The van der Waals surface area contributed by atoms with Gasteiger partial charge >= 0.3 is 11.9 Å². The molecule has 0 N–H and O–H groups in total. The number of hydrogen-bond donors (Lipinski definition) is 0. The van der Waals surface area contributed by atoms with E-state index in [0.29, 0.717) is 12.5 Å². The third-order valence-electron chi connectivity index (χ3n) is 3.07. The Morgan fingerprint density at radius 2 is 1.68 bits per heavy atom. The number of esters is 2. The lowest BCUT2D eigenvalue weighted by Gasteiger charge is -2.26. The highest BCUT2D eigenvalue weighted by molar-refractivity contribution is 5.81. The molecule has 22 heavy (non-hydrogen) atoms. The molecule has 0 fully saturated rings. The van der Waals surface area contributed by atoms with Crippen molar-refractivity contribution in [3.05, 3.63) is 25.3 Å². The fourth-order valence-electron chi connectivity index (χ4n) is 1.68. The maximum absolute atomic E-state index is 11.2. The van der Waals surface area contributed by atoms with E-state index < -0.39 is 17.5 Å². The van der Waals surface area contributed by atoms with Crippen molar-refractivity contribution in [3.8, 4) is 0 Å². The number of carbonyl (C=O) groups excluding carboxylic acids is 2. The third-order valence-corrected chi connectivity index (χ3v) is 3.07. The van der Waals surface area contributed by atoms with Gasteiger partial charge in [0.05, 0.1) is 6.10 Å². The Bertz CT molecular complexity index is 387. The molecule has 0 heterocycles. The van der Waals surface area contributed by atoms with Gasteiger partial charge in [-0.25, -0.2) is 9.59 Å². The van der Waals surface area contributed by atoms with Crippen LogP contribution in [0.15, 0.2) is 25.3 Å². The summed E-state index contributed by atoms with van der Waals surface area (Å²) < 4.78 is 15.8. The van der Waals surface area contributed by atoms with Crippen molar-refractivity contribution in [1.29, 1.82) is 0 Å². The molecule has 0 aromatic carbocycles. The Balaban J connectivity index is 3.96. The molecule has 0 amide bonds. The van der Waals surface area contributed by atoms with E-state index in [4.69, 9.17) is 14.2 Å². The molecule has 0 spiro atoms. The molecule has 0 aromatic rings. The summed E-state index contributed by atoms with van der Waals surface area (Å²) in [7, 11) is 0. The summed E-state index contributed by atoms with van der Waals surface area (Å²) in [5.74, 6) is -0.555. The maximum Gasteiger partial charge on any atom is 0.330 e. The van der Waals surface area contributed by atoms with Crippen LogP contribution in [0.4, 0.5) is 0 Å². The van der Waals surface area contributed by atoms with Crippen molar-refractivity contribution < 1.29 is 23.8 Å². The zero-order valence-corrected chi connectivity index (χ0v) is 14.1. The first kappa shape index (κ1) is 20.4. The van der Waals surface area contributed by atoms with E-state index >= 15 is 0 Å². The van der Waals surface area contributed by atoms with E-state index in [2.05, 4.69) is 20.1 Å². The minimum Gasteiger partial charge on any atom is -0.460 e. The summed E-state index contributed by atoms with van der Waals surface area (Å²) in [6.45, 7) is 15.1. The minimum absolute atomic E-state index is 0.169. The van der Waals surface area contributed by atoms with E-state index in [1.165, 1.54) is 6.08 Å². The molecule has 0 aliphatic heterocycles. The molecule has 0 saturated carbocycles. The average Bonchev–Trinajstić information content (AvgIpc) is 2.47. The van der Waals surface area contributed by atoms with Gasteiger partial charge < -0.3 is 14.2 Å². The van der Waals surface area contributed by atoms with Gasteiger partial charge in [-0.1, -0.05) is 20.1 Å². The molecule has 0 aliphatic carbocycles. The summed E-state index contributed by atoms with van der Waals surface area (Å²) >= 11 is 0. The highest BCUT2D eigenvalue weighted by Crippen LogP contribution is 2.21. The molecule has 5 heteroatoms. The number of rotatable bonds is 11. The van der Waals surface area contributed by atoms with Crippen LogP contribution in [-0.2, 0) is 23.8 Å². The predicted octanol–water partition coefficient (Wildman–Crippen LogP) is 3.04. The van der Waals surface area contributed by atoms with Crippen LogP contribution in [0.2, 0.25) is 0 Å². The highest BCUT2D eigenvalue weighted by atomic mass is 16.6. The molecule has 0 radical (unpaired) electrons. The van der Waals surface area contributed by atoms with Crippen LogP contribution < -0.4 is 0 Å². The Morgan fingerprint density at radius 3 is 2.23 bits per heavy atom. The fourth-order valence-corrected chi connectivity index (χ4v) is 1.68. The normalized spacial score (nSPS) is 13.8. The van der Waals surface area contributed by atoms with Crippen LogP contribution in [0.1, 0.15) is 40.5 Å². The van der Waals surface area contributed by atoms with Crippen LogP contribution >= 0.6 is 0 Å². The monoisotopic (exact) mass is 312 g/mol. The topological polar surface area (TPSA) is 61.8 Å². The molecule has 126 valence electrons. The lowest BCUT2D eigenvalue weighted by molar-refractivity contribution is -0.151. The van der Waals surface area contributed by atoms with E-state index in [0.717, 1.165) is 18.9 Å². The van der Waals surface area contributed by atoms with E-state index in [9.17, 15) is 9.59 Å². The van der Waals surface area contributed by atoms with Gasteiger partial charge in [-0.3, -0.25) is 0 Å². The second-order valence-corrected chi connectivity index (χ2v) is 6.01. The van der Waals surface area contributed by atoms with Gasteiger partial charge in [0.1, 0.15) is 12.2 Å². The first-order valence-corrected chi connectivity index (χ1v) is 7.46. The molecule has 2 atom stereocenters. The SMILES string of the molecule is C=CC(=O)OCC(C)OCC(C)CCC(C)(C)OC(=O)C=C. The van der Waals surface area contributed by atoms with Crippen molar-refractivity contribution in [2.75, 3.05) is 13.2 Å². The molecule has 0 aliphatic rings. The van der Waals surface area contributed by atoms with Gasteiger partial charge in [0, 0.05) is 18.8 Å². The van der Waals surface area contributed by atoms with Crippen molar-refractivity contribution in [2.45, 2.75) is 52.2 Å². The molecule has 2 unspecified atom stereocenters. The van der Waals surface area contributed by atoms with Crippen LogP contribution in [0.25, 0.3) is 0 Å². The molecule has 0 bridgehead atoms. The van der Waals surface area contributed by atoms with Crippen LogP contribution in [0.3, 0.4) is 0 Å². The molecular formula is C17H28O5. The third kappa shape index (κ3) is 10.2. The van der Waals surface area contributed by atoms with Crippen molar-refractivity contribution in [2.24, 2.45) is 5.92 Å². The lowest BCUT2D eigenvalue weighted by Crippen LogP contribution is -2.28. The summed E-state index contributed by atoms with van der Waals surface area (Å²) in [4.78, 5) is 22.2. The second-order valence-electron chi connectivity index (χ2n) is 6.01. The van der Waals surface area contributed by atoms with Gasteiger partial charge in [0.25, 0.3) is 0 Å². The smallest absolute Gasteiger partial charge is 0.330 e. The van der Waals surface area contributed by atoms with Crippen LogP contribution in [0.5, 0.6) is 0 Å². The van der Waals surface area contributed by atoms with Crippen molar-refractivity contribution in [3.63, 3.8) is 0 Å². The zero-order chi connectivity index (χ0) is 17.2. The Labute approximate surface area is 133 Å². The predicted molar refractivity (Wildman–Crippen MR) is 85.3 cm³/mol. The summed E-state index contributed by atoms with van der Waals surface area (Å²) in [6.07, 6.45) is 3.72. The zero-order valence-electron chi connectivity index (χ0n) is 14.1. The molecular weight excluding hydrogens is 284 g/mol. The number of carbonyl (C=O) groups is 2. The molecule has 0 rings (SSSR count). The standard InChI is InChI=1S/C17H28O5/c1-7-15(18)21-12-14(4)20-11-13(3)9-10-17(5,6)22-16(19)8-2/h7-8,13-14H,1-2,9-12H2,3-6H3. The number of ether oxygens (including phenoxy) is 3. The molecule has 0 saturated heterocycles. The van der Waals surface area contributed by atoms with Gasteiger partial charge in [-0.05, 0) is 39.5 Å². The quantitative estimate of drug-likeness (QED) is 0.433. The average molecular weight is 312 g/mol. The van der Waals surface area contributed by atoms with Gasteiger partial charge in [0.15, 0.2) is 0 Å². The highest BCUT2D eigenvalue weighted by Gasteiger charge is 2.22. The Morgan fingerprint density at radius 1 is 1.09 bits per heavy atom. The van der Waals surface area contributed by atoms with Crippen molar-refractivity contribution >= 4 is 11.9 Å². The van der Waals surface area contributed by atoms with E-state index in [-0.39, 0.29) is 12.7 Å². The van der Waals surface area contributed by atoms with Crippen LogP contribution in [0, 0.1) is 5.92 Å². The van der Waals surface area contributed by atoms with Crippen molar-refractivity contribution in [1.82, 2.24) is 0 Å². The fraction of sp³-hybridized carbons (Fsp3) is 0.647. The van der Waals surface area contributed by atoms with Gasteiger partial charge in [-0.2, -0.15) is 0 Å². The molecule has 5 nitrogen and oxygen atoms in total. The summed E-state index contributed by atoms with van der Waals surface area (Å²) in [6, 6.07) is 0. The number of hydrogen-bond acceptors (Lipinski definition) is 5. The maximum atomic E-state index is 11.2. The van der Waals surface area contributed by atoms with Gasteiger partial charge in [0.2, 0.25) is 0 Å². The lowest BCUT2D eigenvalue weighted by atomic mass is 9.96. The molecule has 0 aromatic heterocycles. The first-order valence-electron chi connectivity index (χ1n) is 7.46.